The number of ether oxygens (including phenoxy) is 4. The minimum Gasteiger partial charge on any atom is -0.463 e. The maximum absolute atomic E-state index is 11.5. The molecule has 1 heterocycles. The van der Waals surface area contributed by atoms with Gasteiger partial charge in [-0.2, -0.15) is 0 Å². The van der Waals surface area contributed by atoms with E-state index < -0.39 is 42.5 Å². The van der Waals surface area contributed by atoms with Crippen LogP contribution in [0.25, 0.3) is 0 Å². The van der Waals surface area contributed by atoms with Crippen LogP contribution in [0.15, 0.2) is 0 Å². The van der Waals surface area contributed by atoms with Gasteiger partial charge in [0.1, 0.15) is 12.7 Å². The van der Waals surface area contributed by atoms with Crippen molar-refractivity contribution in [1.29, 1.82) is 0 Å². The Kier molecular flexibility index (Phi) is 7.26. The molecule has 4 atom stereocenters. The molecule has 0 aromatic carbocycles. The first-order chi connectivity index (χ1) is 10.4. The first-order valence-corrected chi connectivity index (χ1v) is 7.30. The van der Waals surface area contributed by atoms with E-state index >= 15 is 0 Å². The molecule has 0 amide bonds. The first kappa shape index (κ1) is 18.4. The Bertz CT molecular complexity index is 408. The Morgan fingerprint density at radius 3 is 1.91 bits per heavy atom. The third-order valence-corrected chi connectivity index (χ3v) is 3.10. The van der Waals surface area contributed by atoms with Gasteiger partial charge in [-0.3, -0.25) is 14.4 Å². The van der Waals surface area contributed by atoms with Crippen LogP contribution in [0.5, 0.6) is 0 Å². The number of hydrogen-bond donors (Lipinski definition) is 1. The molecule has 1 aliphatic heterocycles. The van der Waals surface area contributed by atoms with E-state index in [4.69, 9.17) is 18.9 Å². The highest BCUT2D eigenvalue weighted by molar-refractivity contribution is 5.70. The number of aliphatic hydroxyl groups excluding tert-OH is 1. The Hall–Kier alpha value is -1.67. The fourth-order valence-electron chi connectivity index (χ4n) is 1.86. The van der Waals surface area contributed by atoms with Crippen LogP contribution in [0.2, 0.25) is 0 Å². The summed E-state index contributed by atoms with van der Waals surface area (Å²) < 4.78 is 20.4. The van der Waals surface area contributed by atoms with Crippen LogP contribution in [-0.2, 0) is 33.3 Å². The summed E-state index contributed by atoms with van der Waals surface area (Å²) in [6.45, 7) is 4.63. The molecule has 0 aromatic heterocycles. The SMILES string of the molecule is CCC(=O)OC[C@H]1O[C@@H](O)[C@H](OC(=O)CC)[C@@H]1OC(=O)CC. The van der Waals surface area contributed by atoms with Crippen molar-refractivity contribution in [3.05, 3.63) is 0 Å². The molecule has 8 nitrogen and oxygen atoms in total. The van der Waals surface area contributed by atoms with Crippen molar-refractivity contribution < 1.29 is 38.4 Å². The standard InChI is InChI=1S/C14H22O8/c1-4-9(15)19-7-8-12(21-10(16)5-2)13(14(18)20-8)22-11(17)6-3/h8,12-14,18H,4-7H2,1-3H3/t8-,12-,13-,14-/m1/s1. The fourth-order valence-corrected chi connectivity index (χ4v) is 1.86. The first-order valence-electron chi connectivity index (χ1n) is 7.30. The lowest BCUT2D eigenvalue weighted by molar-refractivity contribution is -0.176. The lowest BCUT2D eigenvalue weighted by Gasteiger charge is -2.22. The van der Waals surface area contributed by atoms with Crippen molar-refractivity contribution in [3.63, 3.8) is 0 Å². The van der Waals surface area contributed by atoms with Gasteiger partial charge < -0.3 is 24.1 Å². The van der Waals surface area contributed by atoms with Gasteiger partial charge in [0.2, 0.25) is 0 Å². The molecule has 0 unspecified atom stereocenters. The van der Waals surface area contributed by atoms with Gasteiger partial charge in [-0.15, -0.1) is 0 Å². The van der Waals surface area contributed by atoms with Crippen LogP contribution >= 0.6 is 0 Å². The summed E-state index contributed by atoms with van der Waals surface area (Å²) >= 11 is 0. The van der Waals surface area contributed by atoms with E-state index in [1.807, 2.05) is 0 Å². The quantitative estimate of drug-likeness (QED) is 0.527. The fraction of sp³-hybridized carbons (Fsp3) is 0.786. The molecule has 0 aliphatic carbocycles. The number of esters is 3. The summed E-state index contributed by atoms with van der Waals surface area (Å²) in [5.74, 6) is -1.55. The normalized spacial score (nSPS) is 27.3. The minimum atomic E-state index is -1.45. The summed E-state index contributed by atoms with van der Waals surface area (Å²) in [7, 11) is 0. The van der Waals surface area contributed by atoms with Gasteiger partial charge in [0, 0.05) is 19.3 Å². The average molecular weight is 318 g/mol. The molecule has 0 spiro atoms. The van der Waals surface area contributed by atoms with Gasteiger partial charge in [-0.1, -0.05) is 20.8 Å². The van der Waals surface area contributed by atoms with Crippen molar-refractivity contribution in [2.24, 2.45) is 0 Å². The number of carbonyl (C=O) groups is 3. The number of rotatable bonds is 7. The Morgan fingerprint density at radius 1 is 0.909 bits per heavy atom. The predicted molar refractivity (Wildman–Crippen MR) is 72.5 cm³/mol. The molecule has 1 fully saturated rings. The summed E-state index contributed by atoms with van der Waals surface area (Å²) in [5.41, 5.74) is 0. The lowest BCUT2D eigenvalue weighted by Crippen LogP contribution is -2.41. The van der Waals surface area contributed by atoms with Crippen molar-refractivity contribution in [1.82, 2.24) is 0 Å². The van der Waals surface area contributed by atoms with E-state index in [1.165, 1.54) is 0 Å². The predicted octanol–water partition coefficient (Wildman–Crippen LogP) is 0.300. The molecule has 0 saturated carbocycles. The van der Waals surface area contributed by atoms with Crippen LogP contribution < -0.4 is 0 Å². The smallest absolute Gasteiger partial charge is 0.306 e. The second-order valence-corrected chi connectivity index (χ2v) is 4.72. The largest absolute Gasteiger partial charge is 0.463 e. The van der Waals surface area contributed by atoms with Crippen LogP contribution in [0, 0.1) is 0 Å². The van der Waals surface area contributed by atoms with E-state index in [1.54, 1.807) is 20.8 Å². The van der Waals surface area contributed by atoms with E-state index in [9.17, 15) is 19.5 Å². The Labute approximate surface area is 128 Å². The zero-order chi connectivity index (χ0) is 16.7. The third-order valence-electron chi connectivity index (χ3n) is 3.10. The second-order valence-electron chi connectivity index (χ2n) is 4.72. The van der Waals surface area contributed by atoms with Gasteiger partial charge in [-0.25, -0.2) is 0 Å². The molecule has 0 aromatic rings. The number of aliphatic hydroxyl groups is 1. The average Bonchev–Trinajstić information content (AvgIpc) is 2.80. The van der Waals surface area contributed by atoms with Crippen molar-refractivity contribution in [2.75, 3.05) is 6.61 Å². The number of hydrogen-bond acceptors (Lipinski definition) is 8. The highest BCUT2D eigenvalue weighted by Gasteiger charge is 2.49. The molecule has 0 bridgehead atoms. The van der Waals surface area contributed by atoms with Crippen molar-refractivity contribution >= 4 is 17.9 Å². The molecule has 1 saturated heterocycles. The molecule has 126 valence electrons. The molecule has 22 heavy (non-hydrogen) atoms. The van der Waals surface area contributed by atoms with Crippen LogP contribution in [-0.4, -0.2) is 54.2 Å². The minimum absolute atomic E-state index is 0.104. The maximum atomic E-state index is 11.5. The monoisotopic (exact) mass is 318 g/mol. The lowest BCUT2D eigenvalue weighted by atomic mass is 10.1. The van der Waals surface area contributed by atoms with E-state index in [0.717, 1.165) is 0 Å². The van der Waals surface area contributed by atoms with Crippen molar-refractivity contribution in [2.45, 2.75) is 64.6 Å². The molecule has 8 heteroatoms. The van der Waals surface area contributed by atoms with Gasteiger partial charge in [0.25, 0.3) is 0 Å². The highest BCUT2D eigenvalue weighted by atomic mass is 16.7. The summed E-state index contributed by atoms with van der Waals surface area (Å²) in [5, 5.41) is 9.85. The van der Waals surface area contributed by atoms with Crippen LogP contribution in [0.4, 0.5) is 0 Å². The summed E-state index contributed by atoms with van der Waals surface area (Å²) in [4.78, 5) is 34.1. The summed E-state index contributed by atoms with van der Waals surface area (Å²) in [6, 6.07) is 0. The van der Waals surface area contributed by atoms with Crippen molar-refractivity contribution in [3.8, 4) is 0 Å². The Balaban J connectivity index is 2.79. The van der Waals surface area contributed by atoms with Crippen LogP contribution in [0.3, 0.4) is 0 Å². The third kappa shape index (κ3) is 4.96. The molecular weight excluding hydrogens is 296 g/mol. The Morgan fingerprint density at radius 2 is 1.41 bits per heavy atom. The molecule has 1 aliphatic rings. The molecule has 0 radical (unpaired) electrons. The maximum Gasteiger partial charge on any atom is 0.306 e. The molecule has 1 rings (SSSR count). The van der Waals surface area contributed by atoms with E-state index in [0.29, 0.717) is 0 Å². The van der Waals surface area contributed by atoms with E-state index in [2.05, 4.69) is 0 Å². The van der Waals surface area contributed by atoms with Gasteiger partial charge in [0.05, 0.1) is 0 Å². The van der Waals surface area contributed by atoms with Gasteiger partial charge >= 0.3 is 17.9 Å². The topological polar surface area (TPSA) is 108 Å². The summed E-state index contributed by atoms with van der Waals surface area (Å²) in [6.07, 6.45) is -4.11. The second kappa shape index (κ2) is 8.70. The van der Waals surface area contributed by atoms with Crippen LogP contribution in [0.1, 0.15) is 40.0 Å². The molecular formula is C14H22O8. The molecule has 1 N–H and O–H groups in total. The number of carbonyl (C=O) groups excluding carboxylic acids is 3. The van der Waals surface area contributed by atoms with Gasteiger partial charge in [0.15, 0.2) is 18.5 Å². The zero-order valence-electron chi connectivity index (χ0n) is 12.9. The zero-order valence-corrected chi connectivity index (χ0v) is 12.9. The van der Waals surface area contributed by atoms with Gasteiger partial charge in [-0.05, 0) is 0 Å². The highest BCUT2D eigenvalue weighted by Crippen LogP contribution is 2.26. The van der Waals surface area contributed by atoms with E-state index in [-0.39, 0.29) is 25.9 Å².